The maximum Gasteiger partial charge on any atom is 0.252 e. The predicted octanol–water partition coefficient (Wildman–Crippen LogP) is 8.07. The van der Waals surface area contributed by atoms with Crippen LogP contribution in [0.3, 0.4) is 0 Å². The minimum absolute atomic E-state index is 0.127. The van der Waals surface area contributed by atoms with Gasteiger partial charge in [0.25, 0.3) is 6.71 Å². The first-order valence-electron chi connectivity index (χ1n) is 14.0. The summed E-state index contributed by atoms with van der Waals surface area (Å²) in [5, 5.41) is 8.00. The molecule has 0 unspecified atom stereocenters. The molecule has 0 amide bonds. The molecule has 0 spiro atoms. The standard InChI is InChI=1S/C36H33BO/c1-20(2)25-16-14-24-15-17-27-31(21(3)4)35-36(28-19-18-26(25)32(24)33(27)28)38-30-13-8-7-12-29(30)37(35)34-22(5)10-9-11-23(34)6/h7-21H,1-6H3. The van der Waals surface area contributed by atoms with Crippen LogP contribution in [-0.2, 0) is 0 Å². The van der Waals surface area contributed by atoms with Crippen molar-refractivity contribution >= 4 is 55.4 Å². The molecule has 6 aromatic rings. The highest BCUT2D eigenvalue weighted by atomic mass is 16.5. The highest BCUT2D eigenvalue weighted by Gasteiger charge is 2.38. The molecule has 0 saturated carbocycles. The molecule has 0 fully saturated rings. The third kappa shape index (κ3) is 3.13. The minimum atomic E-state index is 0.127. The molecule has 7 rings (SSSR count). The lowest BCUT2D eigenvalue weighted by Crippen LogP contribution is -2.57. The van der Waals surface area contributed by atoms with Gasteiger partial charge in [-0.05, 0) is 81.4 Å². The van der Waals surface area contributed by atoms with Crippen LogP contribution in [0.25, 0.3) is 32.3 Å². The third-order valence-corrected chi connectivity index (χ3v) is 8.78. The number of ether oxygens (including phenoxy) is 1. The van der Waals surface area contributed by atoms with Gasteiger partial charge < -0.3 is 4.74 Å². The molecule has 0 N–H and O–H groups in total. The number of rotatable bonds is 3. The van der Waals surface area contributed by atoms with Gasteiger partial charge in [0.1, 0.15) is 11.5 Å². The van der Waals surface area contributed by atoms with Crippen LogP contribution in [0.15, 0.2) is 78.9 Å². The Bertz CT molecular complexity index is 1860. The van der Waals surface area contributed by atoms with Crippen molar-refractivity contribution in [2.24, 2.45) is 0 Å². The lowest BCUT2D eigenvalue weighted by molar-refractivity contribution is 0.492. The van der Waals surface area contributed by atoms with E-state index in [0.717, 1.165) is 11.5 Å². The molecule has 1 aliphatic heterocycles. The number of benzene rings is 6. The van der Waals surface area contributed by atoms with Crippen LogP contribution in [0.5, 0.6) is 11.5 Å². The van der Waals surface area contributed by atoms with Crippen LogP contribution in [-0.4, -0.2) is 6.71 Å². The van der Waals surface area contributed by atoms with Gasteiger partial charge in [0, 0.05) is 10.8 Å². The van der Waals surface area contributed by atoms with Crippen molar-refractivity contribution in [3.8, 4) is 11.5 Å². The van der Waals surface area contributed by atoms with Gasteiger partial charge in [-0.15, -0.1) is 0 Å². The summed E-state index contributed by atoms with van der Waals surface area (Å²) >= 11 is 0. The molecule has 0 aromatic heterocycles. The van der Waals surface area contributed by atoms with Crippen molar-refractivity contribution in [1.82, 2.24) is 0 Å². The van der Waals surface area contributed by atoms with Gasteiger partial charge in [-0.1, -0.05) is 111 Å². The third-order valence-electron chi connectivity index (χ3n) is 8.78. The first-order chi connectivity index (χ1) is 18.4. The minimum Gasteiger partial charge on any atom is -0.458 e. The fourth-order valence-corrected chi connectivity index (χ4v) is 7.18. The van der Waals surface area contributed by atoms with E-state index in [1.165, 1.54) is 71.0 Å². The quantitative estimate of drug-likeness (QED) is 0.179. The van der Waals surface area contributed by atoms with Gasteiger partial charge in [0.15, 0.2) is 0 Å². The topological polar surface area (TPSA) is 9.23 Å². The van der Waals surface area contributed by atoms with Crippen LogP contribution in [0.2, 0.25) is 0 Å². The molecule has 0 atom stereocenters. The monoisotopic (exact) mass is 492 g/mol. The van der Waals surface area contributed by atoms with Gasteiger partial charge >= 0.3 is 0 Å². The van der Waals surface area contributed by atoms with Crippen LogP contribution < -0.4 is 21.1 Å². The van der Waals surface area contributed by atoms with Crippen molar-refractivity contribution in [3.63, 3.8) is 0 Å². The molecule has 2 heteroatoms. The molecule has 0 bridgehead atoms. The second-order valence-corrected chi connectivity index (χ2v) is 11.7. The maximum atomic E-state index is 6.93. The number of fused-ring (bicyclic) bond motifs is 3. The summed E-state index contributed by atoms with van der Waals surface area (Å²) in [6, 6.07) is 29.3. The predicted molar refractivity (Wildman–Crippen MR) is 165 cm³/mol. The number of aryl methyl sites for hydroxylation is 2. The Hall–Kier alpha value is -3.78. The van der Waals surface area contributed by atoms with E-state index < -0.39 is 0 Å². The van der Waals surface area contributed by atoms with Crippen molar-refractivity contribution in [3.05, 3.63) is 101 Å². The average molecular weight is 492 g/mol. The van der Waals surface area contributed by atoms with Crippen LogP contribution >= 0.6 is 0 Å². The van der Waals surface area contributed by atoms with E-state index in [1.807, 2.05) is 0 Å². The zero-order valence-corrected chi connectivity index (χ0v) is 23.1. The molecular formula is C36H33BO. The molecule has 0 saturated heterocycles. The van der Waals surface area contributed by atoms with Crippen molar-refractivity contribution in [2.75, 3.05) is 0 Å². The highest BCUT2D eigenvalue weighted by Crippen LogP contribution is 2.45. The molecule has 1 aliphatic rings. The molecule has 186 valence electrons. The Balaban J connectivity index is 1.70. The second-order valence-electron chi connectivity index (χ2n) is 11.7. The fourth-order valence-electron chi connectivity index (χ4n) is 7.18. The number of para-hydroxylation sites is 1. The molecule has 0 aliphatic carbocycles. The zero-order chi connectivity index (χ0) is 26.3. The Morgan fingerprint density at radius 1 is 0.605 bits per heavy atom. The van der Waals surface area contributed by atoms with E-state index in [0.29, 0.717) is 11.8 Å². The summed E-state index contributed by atoms with van der Waals surface area (Å²) in [5.41, 5.74) is 9.49. The van der Waals surface area contributed by atoms with Gasteiger partial charge in [-0.25, -0.2) is 0 Å². The average Bonchev–Trinajstić information content (AvgIpc) is 2.90. The molecule has 1 heterocycles. The van der Waals surface area contributed by atoms with Crippen molar-refractivity contribution in [1.29, 1.82) is 0 Å². The second kappa shape index (κ2) is 8.36. The Labute approximate surface area is 225 Å². The van der Waals surface area contributed by atoms with E-state index >= 15 is 0 Å². The summed E-state index contributed by atoms with van der Waals surface area (Å²) in [7, 11) is 0. The van der Waals surface area contributed by atoms with E-state index in [9.17, 15) is 0 Å². The normalized spacial score (nSPS) is 13.1. The molecule has 38 heavy (non-hydrogen) atoms. The highest BCUT2D eigenvalue weighted by molar-refractivity contribution is 6.98. The SMILES string of the molecule is Cc1cccc(C)c1B1c2ccccc2Oc2c1c(C(C)C)c1ccc3ccc(C(C)C)c4ccc2c1c34. The molecule has 6 aromatic carbocycles. The van der Waals surface area contributed by atoms with Crippen molar-refractivity contribution in [2.45, 2.75) is 53.4 Å². The zero-order valence-electron chi connectivity index (χ0n) is 23.1. The molecule has 0 radical (unpaired) electrons. The van der Waals surface area contributed by atoms with Gasteiger partial charge in [-0.2, -0.15) is 0 Å². The van der Waals surface area contributed by atoms with E-state index in [-0.39, 0.29) is 6.71 Å². The maximum absolute atomic E-state index is 6.93. The summed E-state index contributed by atoms with van der Waals surface area (Å²) in [4.78, 5) is 0. The number of hydrogen-bond acceptors (Lipinski definition) is 1. The van der Waals surface area contributed by atoms with Crippen LogP contribution in [0, 0.1) is 13.8 Å². The lowest BCUT2D eigenvalue weighted by atomic mass is 9.33. The van der Waals surface area contributed by atoms with Gasteiger partial charge in [-0.3, -0.25) is 0 Å². The summed E-state index contributed by atoms with van der Waals surface area (Å²) in [5.74, 6) is 2.82. The Morgan fingerprint density at radius 3 is 2.03 bits per heavy atom. The van der Waals surface area contributed by atoms with E-state index in [1.54, 1.807) is 0 Å². The summed E-state index contributed by atoms with van der Waals surface area (Å²) in [6.07, 6.45) is 0. The number of hydrogen-bond donors (Lipinski definition) is 0. The first kappa shape index (κ1) is 23.3. The summed E-state index contributed by atoms with van der Waals surface area (Å²) < 4.78 is 6.93. The van der Waals surface area contributed by atoms with Gasteiger partial charge in [0.05, 0.1) is 0 Å². The van der Waals surface area contributed by atoms with Gasteiger partial charge in [0.2, 0.25) is 0 Å². The van der Waals surface area contributed by atoms with Crippen molar-refractivity contribution < 1.29 is 4.74 Å². The Kier molecular flexibility index (Phi) is 5.14. The van der Waals surface area contributed by atoms with Crippen LogP contribution in [0.4, 0.5) is 0 Å². The lowest BCUT2D eigenvalue weighted by Gasteiger charge is -2.33. The Morgan fingerprint density at radius 2 is 1.29 bits per heavy atom. The smallest absolute Gasteiger partial charge is 0.252 e. The fraction of sp³-hybridized carbons (Fsp3) is 0.222. The molecule has 1 nitrogen and oxygen atoms in total. The largest absolute Gasteiger partial charge is 0.458 e. The van der Waals surface area contributed by atoms with E-state index in [4.69, 9.17) is 4.74 Å². The van der Waals surface area contributed by atoms with Crippen LogP contribution in [0.1, 0.15) is 61.8 Å². The summed E-state index contributed by atoms with van der Waals surface area (Å²) in [6.45, 7) is 13.9. The first-order valence-corrected chi connectivity index (χ1v) is 14.0. The molecular weight excluding hydrogens is 459 g/mol. The van der Waals surface area contributed by atoms with E-state index in [2.05, 4.69) is 120 Å².